The van der Waals surface area contributed by atoms with Crippen molar-refractivity contribution in [3.63, 3.8) is 0 Å². The van der Waals surface area contributed by atoms with Gasteiger partial charge in [0.2, 0.25) is 0 Å². The minimum atomic E-state index is -4.33. The molecule has 60 valence electrons. The molecule has 0 N–H and O–H groups in total. The Morgan fingerprint density at radius 2 is 2.00 bits per heavy atom. The van der Waals surface area contributed by atoms with Crippen LogP contribution in [0.3, 0.4) is 0 Å². The molecule has 2 nitrogen and oxygen atoms in total. The zero-order valence-corrected chi connectivity index (χ0v) is 7.22. The van der Waals surface area contributed by atoms with E-state index in [1.807, 2.05) is 0 Å². The maximum Gasteiger partial charge on any atom is 0.419 e. The van der Waals surface area contributed by atoms with Crippen molar-refractivity contribution in [3.8, 4) is 0 Å². The van der Waals surface area contributed by atoms with Crippen LogP contribution in [0.15, 0.2) is 12.3 Å². The number of hydrogen-bond donors (Lipinski definition) is 0. The highest BCUT2D eigenvalue weighted by molar-refractivity contribution is 14.1. The summed E-state index contributed by atoms with van der Waals surface area (Å²) < 4.78 is 35.8. The van der Waals surface area contributed by atoms with Crippen molar-refractivity contribution in [2.75, 3.05) is 0 Å². The number of alkyl halides is 3. The van der Waals surface area contributed by atoms with Crippen molar-refractivity contribution in [2.24, 2.45) is 0 Å². The fraction of sp³-hybridized carbons (Fsp3) is 0.200. The van der Waals surface area contributed by atoms with E-state index in [2.05, 4.69) is 10.2 Å². The molecular formula is C5H2F3IN2. The zero-order chi connectivity index (χ0) is 8.48. The first-order valence-electron chi connectivity index (χ1n) is 2.56. The van der Waals surface area contributed by atoms with Crippen LogP contribution in [0.5, 0.6) is 0 Å². The molecule has 0 atom stereocenters. The molecule has 0 spiro atoms. The predicted molar refractivity (Wildman–Crippen MR) is 39.8 cm³/mol. The third-order valence-corrected chi connectivity index (χ3v) is 1.78. The topological polar surface area (TPSA) is 25.8 Å². The fourth-order valence-corrected chi connectivity index (χ4v) is 1.14. The van der Waals surface area contributed by atoms with Crippen molar-refractivity contribution in [1.82, 2.24) is 10.2 Å². The molecule has 11 heavy (non-hydrogen) atoms. The van der Waals surface area contributed by atoms with Gasteiger partial charge in [0.25, 0.3) is 0 Å². The summed E-state index contributed by atoms with van der Waals surface area (Å²) in [4.78, 5) is 0. The second-order valence-corrected chi connectivity index (χ2v) is 2.76. The lowest BCUT2D eigenvalue weighted by Crippen LogP contribution is -2.08. The van der Waals surface area contributed by atoms with Crippen molar-refractivity contribution in [1.29, 1.82) is 0 Å². The monoisotopic (exact) mass is 274 g/mol. The third-order valence-electron chi connectivity index (χ3n) is 0.981. The van der Waals surface area contributed by atoms with Gasteiger partial charge in [-0.1, -0.05) is 0 Å². The summed E-state index contributed by atoms with van der Waals surface area (Å²) in [6, 6.07) is 0.898. The minimum Gasteiger partial charge on any atom is -0.166 e. The Balaban J connectivity index is 3.14. The number of aromatic nitrogens is 2. The summed E-state index contributed by atoms with van der Waals surface area (Å²) >= 11 is 1.49. The lowest BCUT2D eigenvalue weighted by molar-refractivity contribution is -0.138. The minimum absolute atomic E-state index is 0.127. The molecular weight excluding hydrogens is 272 g/mol. The number of rotatable bonds is 0. The molecule has 0 aliphatic carbocycles. The molecule has 0 amide bonds. The largest absolute Gasteiger partial charge is 0.419 e. The lowest BCUT2D eigenvalue weighted by atomic mass is 10.3. The van der Waals surface area contributed by atoms with Crippen molar-refractivity contribution < 1.29 is 13.2 Å². The summed E-state index contributed by atoms with van der Waals surface area (Å²) in [5.74, 6) is 0. The molecule has 1 aromatic heterocycles. The van der Waals surface area contributed by atoms with Crippen LogP contribution in [0.4, 0.5) is 13.2 Å². The van der Waals surface area contributed by atoms with Crippen LogP contribution in [-0.2, 0) is 6.18 Å². The number of nitrogens with zero attached hydrogens (tertiary/aromatic N) is 2. The average molecular weight is 274 g/mol. The van der Waals surface area contributed by atoms with Gasteiger partial charge < -0.3 is 0 Å². The Kier molecular flexibility index (Phi) is 2.31. The maximum atomic E-state index is 12.0. The Labute approximate surface area is 74.0 Å². The highest BCUT2D eigenvalue weighted by atomic mass is 127. The first-order chi connectivity index (χ1) is 5.02. The molecule has 0 unspecified atom stereocenters. The number of halogens is 4. The Morgan fingerprint density at radius 1 is 1.36 bits per heavy atom. The first kappa shape index (κ1) is 8.69. The quantitative estimate of drug-likeness (QED) is 0.677. The SMILES string of the molecule is FC(F)(F)c1ccnnc1I. The molecule has 0 radical (unpaired) electrons. The van der Waals surface area contributed by atoms with E-state index in [4.69, 9.17) is 0 Å². The van der Waals surface area contributed by atoms with E-state index in [0.29, 0.717) is 0 Å². The highest BCUT2D eigenvalue weighted by Crippen LogP contribution is 2.30. The van der Waals surface area contributed by atoms with Crippen LogP contribution in [0, 0.1) is 3.70 Å². The van der Waals surface area contributed by atoms with E-state index < -0.39 is 11.7 Å². The van der Waals surface area contributed by atoms with Crippen LogP contribution in [0.2, 0.25) is 0 Å². The molecule has 1 rings (SSSR count). The van der Waals surface area contributed by atoms with Gasteiger partial charge in [-0.05, 0) is 28.7 Å². The normalized spacial score (nSPS) is 11.6. The number of hydrogen-bond acceptors (Lipinski definition) is 2. The van der Waals surface area contributed by atoms with Crippen LogP contribution < -0.4 is 0 Å². The van der Waals surface area contributed by atoms with Crippen molar-refractivity contribution in [2.45, 2.75) is 6.18 Å². The molecule has 0 saturated carbocycles. The highest BCUT2D eigenvalue weighted by Gasteiger charge is 2.33. The first-order valence-corrected chi connectivity index (χ1v) is 3.64. The van der Waals surface area contributed by atoms with Gasteiger partial charge in [0.1, 0.15) is 3.70 Å². The standard InChI is InChI=1S/C5H2F3IN2/c6-5(7,8)3-1-2-10-11-4(3)9/h1-2H. The molecule has 0 aromatic carbocycles. The van der Waals surface area contributed by atoms with Gasteiger partial charge in [-0.25, -0.2) is 0 Å². The third kappa shape index (κ3) is 2.01. The second kappa shape index (κ2) is 2.92. The molecule has 1 aromatic rings. The molecule has 0 bridgehead atoms. The Morgan fingerprint density at radius 3 is 2.36 bits per heavy atom. The van der Waals surface area contributed by atoms with E-state index in [0.717, 1.165) is 12.3 Å². The van der Waals surface area contributed by atoms with E-state index in [-0.39, 0.29) is 3.70 Å². The van der Waals surface area contributed by atoms with Gasteiger partial charge >= 0.3 is 6.18 Å². The van der Waals surface area contributed by atoms with Gasteiger partial charge in [-0.3, -0.25) is 0 Å². The lowest BCUT2D eigenvalue weighted by Gasteiger charge is -2.05. The Bertz CT molecular complexity index is 260. The molecule has 0 aliphatic rings. The van der Waals surface area contributed by atoms with Gasteiger partial charge in [0.05, 0.1) is 11.8 Å². The summed E-state index contributed by atoms with van der Waals surface area (Å²) in [5, 5.41) is 6.56. The second-order valence-electron chi connectivity index (χ2n) is 1.73. The average Bonchev–Trinajstić information content (AvgIpc) is 1.86. The predicted octanol–water partition coefficient (Wildman–Crippen LogP) is 2.10. The van der Waals surface area contributed by atoms with E-state index in [1.54, 1.807) is 0 Å². The molecule has 0 saturated heterocycles. The van der Waals surface area contributed by atoms with Gasteiger partial charge in [0.15, 0.2) is 0 Å². The molecule has 0 fully saturated rings. The smallest absolute Gasteiger partial charge is 0.166 e. The van der Waals surface area contributed by atoms with Gasteiger partial charge in [0, 0.05) is 0 Å². The molecule has 0 aliphatic heterocycles. The summed E-state index contributed by atoms with van der Waals surface area (Å²) in [6.07, 6.45) is -3.31. The van der Waals surface area contributed by atoms with Gasteiger partial charge in [-0.2, -0.15) is 18.3 Å². The van der Waals surface area contributed by atoms with Crippen molar-refractivity contribution >= 4 is 22.6 Å². The van der Waals surface area contributed by atoms with Crippen LogP contribution in [0.1, 0.15) is 5.56 Å². The summed E-state index contributed by atoms with van der Waals surface area (Å²) in [5.41, 5.74) is -0.743. The van der Waals surface area contributed by atoms with Gasteiger partial charge in [-0.15, -0.1) is 5.10 Å². The fourth-order valence-electron chi connectivity index (χ4n) is 0.526. The van der Waals surface area contributed by atoms with Crippen LogP contribution in [-0.4, -0.2) is 10.2 Å². The summed E-state index contributed by atoms with van der Waals surface area (Å²) in [6.45, 7) is 0. The van der Waals surface area contributed by atoms with E-state index in [9.17, 15) is 13.2 Å². The molecule has 6 heteroatoms. The zero-order valence-electron chi connectivity index (χ0n) is 5.06. The Hall–Kier alpha value is -0.400. The summed E-state index contributed by atoms with van der Waals surface area (Å²) in [7, 11) is 0. The van der Waals surface area contributed by atoms with E-state index in [1.165, 1.54) is 22.6 Å². The molecule has 1 heterocycles. The maximum absolute atomic E-state index is 12.0. The van der Waals surface area contributed by atoms with E-state index >= 15 is 0 Å². The van der Waals surface area contributed by atoms with Crippen LogP contribution in [0.25, 0.3) is 0 Å². The van der Waals surface area contributed by atoms with Crippen LogP contribution >= 0.6 is 22.6 Å². The van der Waals surface area contributed by atoms with Crippen molar-refractivity contribution in [3.05, 3.63) is 21.5 Å².